The second-order valence-electron chi connectivity index (χ2n) is 13.4. The maximum atomic E-state index is 2.38. The summed E-state index contributed by atoms with van der Waals surface area (Å²) < 4.78 is 0. The summed E-state index contributed by atoms with van der Waals surface area (Å²) in [4.78, 5) is 0. The highest BCUT2D eigenvalue weighted by atomic mass is 14.2. The van der Waals surface area contributed by atoms with Crippen molar-refractivity contribution in [1.82, 2.24) is 0 Å². The van der Waals surface area contributed by atoms with Crippen molar-refractivity contribution >= 4 is 43.1 Å². The first-order chi connectivity index (χ1) is 22.4. The van der Waals surface area contributed by atoms with Gasteiger partial charge in [-0.15, -0.1) is 0 Å². The van der Waals surface area contributed by atoms with E-state index in [1.54, 1.807) is 0 Å². The molecule has 222 valence electrons. The monoisotopic (exact) mass is 590 g/mol. The van der Waals surface area contributed by atoms with Crippen LogP contribution in [-0.2, 0) is 0 Å². The fraction of sp³-hybridized carbons (Fsp3) is 0.130. The zero-order chi connectivity index (χ0) is 31.4. The van der Waals surface area contributed by atoms with Crippen molar-refractivity contribution in [3.05, 3.63) is 157 Å². The minimum absolute atomic E-state index is 0.500. The van der Waals surface area contributed by atoms with Gasteiger partial charge in [-0.2, -0.15) is 0 Å². The lowest BCUT2D eigenvalue weighted by molar-refractivity contribution is 0.834. The minimum Gasteiger partial charge on any atom is -0.0616 e. The van der Waals surface area contributed by atoms with Gasteiger partial charge in [0.1, 0.15) is 0 Å². The number of rotatable bonds is 5. The first-order valence-electron chi connectivity index (χ1n) is 16.6. The molecule has 46 heavy (non-hydrogen) atoms. The van der Waals surface area contributed by atoms with Gasteiger partial charge in [0.15, 0.2) is 0 Å². The largest absolute Gasteiger partial charge is 0.0616 e. The highest BCUT2D eigenvalue weighted by Gasteiger charge is 2.12. The summed E-state index contributed by atoms with van der Waals surface area (Å²) >= 11 is 0. The average Bonchev–Trinajstić information content (AvgIpc) is 3.10. The van der Waals surface area contributed by atoms with E-state index in [4.69, 9.17) is 0 Å². The molecule has 0 aromatic heterocycles. The molecular formula is C46H38. The van der Waals surface area contributed by atoms with Crippen LogP contribution in [0.15, 0.2) is 146 Å². The summed E-state index contributed by atoms with van der Waals surface area (Å²) in [6.45, 7) is 9.13. The van der Waals surface area contributed by atoms with Gasteiger partial charge in [0, 0.05) is 0 Å². The molecule has 0 nitrogen and oxygen atoms in total. The zero-order valence-corrected chi connectivity index (χ0v) is 27.0. The van der Waals surface area contributed by atoms with Crippen LogP contribution in [0.5, 0.6) is 0 Å². The second-order valence-corrected chi connectivity index (χ2v) is 13.4. The van der Waals surface area contributed by atoms with Gasteiger partial charge in [-0.3, -0.25) is 0 Å². The van der Waals surface area contributed by atoms with Crippen molar-refractivity contribution in [1.29, 1.82) is 0 Å². The van der Waals surface area contributed by atoms with Crippen molar-refractivity contribution in [3.8, 4) is 33.4 Å². The standard InChI is InChI=1S/C46H38/c1-29(2)39-25-40(30(3)4)27-42(26-39)36-16-14-31-13-15-35(23-41(31)24-36)32-17-18-34-22-38(20-19-33(34)21-32)46-28-37-9-5-6-10-43(37)44-11-7-8-12-45(44)46/h5-30H,1-4H3. The molecule has 8 aromatic rings. The Morgan fingerprint density at radius 1 is 0.304 bits per heavy atom. The molecule has 0 fully saturated rings. The molecule has 0 saturated heterocycles. The first-order valence-corrected chi connectivity index (χ1v) is 16.6. The molecule has 0 heteroatoms. The summed E-state index contributed by atoms with van der Waals surface area (Å²) in [5.41, 5.74) is 10.4. The van der Waals surface area contributed by atoms with Gasteiger partial charge >= 0.3 is 0 Å². The average molecular weight is 591 g/mol. The predicted octanol–water partition coefficient (Wildman–Crippen LogP) is 13.5. The molecule has 0 N–H and O–H groups in total. The van der Waals surface area contributed by atoms with Gasteiger partial charge in [-0.25, -0.2) is 0 Å². The first kappa shape index (κ1) is 28.3. The third kappa shape index (κ3) is 5.05. The van der Waals surface area contributed by atoms with Crippen LogP contribution in [0.2, 0.25) is 0 Å². The van der Waals surface area contributed by atoms with E-state index < -0.39 is 0 Å². The van der Waals surface area contributed by atoms with Crippen LogP contribution in [0.3, 0.4) is 0 Å². The van der Waals surface area contributed by atoms with Crippen molar-refractivity contribution < 1.29 is 0 Å². The summed E-state index contributed by atoms with van der Waals surface area (Å²) in [6, 6.07) is 54.5. The van der Waals surface area contributed by atoms with Gasteiger partial charge in [0.2, 0.25) is 0 Å². The van der Waals surface area contributed by atoms with E-state index in [0.717, 1.165) is 0 Å². The topological polar surface area (TPSA) is 0 Å². The molecule has 8 rings (SSSR count). The lowest BCUT2D eigenvalue weighted by Crippen LogP contribution is -1.95. The number of hydrogen-bond donors (Lipinski definition) is 0. The fourth-order valence-corrected chi connectivity index (χ4v) is 7.00. The molecule has 0 spiro atoms. The van der Waals surface area contributed by atoms with Crippen molar-refractivity contribution in [3.63, 3.8) is 0 Å². The number of hydrogen-bond acceptors (Lipinski definition) is 0. The van der Waals surface area contributed by atoms with E-state index in [1.165, 1.54) is 87.6 Å². The van der Waals surface area contributed by atoms with Crippen molar-refractivity contribution in [2.24, 2.45) is 0 Å². The molecule has 0 radical (unpaired) electrons. The third-order valence-corrected chi connectivity index (χ3v) is 9.74. The Balaban J connectivity index is 1.17. The molecule has 0 aliphatic rings. The fourth-order valence-electron chi connectivity index (χ4n) is 7.00. The van der Waals surface area contributed by atoms with Crippen molar-refractivity contribution in [2.75, 3.05) is 0 Å². The Kier molecular flexibility index (Phi) is 6.95. The molecular weight excluding hydrogens is 553 g/mol. The van der Waals surface area contributed by atoms with Gasteiger partial charge in [-0.05, 0) is 130 Å². The van der Waals surface area contributed by atoms with Gasteiger partial charge in [-0.1, -0.05) is 143 Å². The van der Waals surface area contributed by atoms with E-state index in [1.807, 2.05) is 0 Å². The molecule has 0 bridgehead atoms. The van der Waals surface area contributed by atoms with E-state index in [-0.39, 0.29) is 0 Å². The Labute approximate surface area is 272 Å². The van der Waals surface area contributed by atoms with Crippen LogP contribution < -0.4 is 0 Å². The molecule has 0 unspecified atom stereocenters. The highest BCUT2D eigenvalue weighted by molar-refractivity contribution is 6.14. The van der Waals surface area contributed by atoms with Crippen LogP contribution in [0.1, 0.15) is 50.7 Å². The van der Waals surface area contributed by atoms with Gasteiger partial charge in [0.25, 0.3) is 0 Å². The quantitative estimate of drug-likeness (QED) is 0.175. The maximum absolute atomic E-state index is 2.38. The van der Waals surface area contributed by atoms with Crippen LogP contribution in [-0.4, -0.2) is 0 Å². The Hall–Kier alpha value is -5.20. The smallest absolute Gasteiger partial charge is 0.00988 e. The summed E-state index contributed by atoms with van der Waals surface area (Å²) in [6.07, 6.45) is 0. The molecule has 0 amide bonds. The summed E-state index contributed by atoms with van der Waals surface area (Å²) in [5.74, 6) is 1.00. The van der Waals surface area contributed by atoms with E-state index in [2.05, 4.69) is 173 Å². The second kappa shape index (κ2) is 11.3. The normalized spacial score (nSPS) is 11.9. The molecule has 0 heterocycles. The minimum atomic E-state index is 0.500. The molecule has 0 atom stereocenters. The molecule has 0 saturated carbocycles. The predicted molar refractivity (Wildman–Crippen MR) is 201 cm³/mol. The van der Waals surface area contributed by atoms with Crippen molar-refractivity contribution in [2.45, 2.75) is 39.5 Å². The zero-order valence-electron chi connectivity index (χ0n) is 27.0. The van der Waals surface area contributed by atoms with Gasteiger partial charge < -0.3 is 0 Å². The van der Waals surface area contributed by atoms with Gasteiger partial charge in [0.05, 0.1) is 0 Å². The molecule has 0 aliphatic carbocycles. The number of fused-ring (bicyclic) bond motifs is 5. The third-order valence-electron chi connectivity index (χ3n) is 9.74. The Morgan fingerprint density at radius 3 is 1.41 bits per heavy atom. The number of benzene rings is 8. The Bertz CT molecular complexity index is 2400. The SMILES string of the molecule is CC(C)c1cc(-c2ccc3ccc(-c4ccc5cc(-c6cc7ccccc7c7ccccc67)ccc5c4)cc3c2)cc(C(C)C)c1. The van der Waals surface area contributed by atoms with Crippen LogP contribution >= 0.6 is 0 Å². The lowest BCUT2D eigenvalue weighted by Gasteiger charge is -2.15. The van der Waals surface area contributed by atoms with Crippen LogP contribution in [0, 0.1) is 0 Å². The summed E-state index contributed by atoms with van der Waals surface area (Å²) in [7, 11) is 0. The highest BCUT2D eigenvalue weighted by Crippen LogP contribution is 2.37. The van der Waals surface area contributed by atoms with E-state index in [9.17, 15) is 0 Å². The van der Waals surface area contributed by atoms with E-state index >= 15 is 0 Å². The lowest BCUT2D eigenvalue weighted by atomic mass is 9.90. The van der Waals surface area contributed by atoms with Crippen LogP contribution in [0.4, 0.5) is 0 Å². The van der Waals surface area contributed by atoms with E-state index in [0.29, 0.717) is 11.8 Å². The Morgan fingerprint density at radius 2 is 0.783 bits per heavy atom. The molecule has 0 aliphatic heterocycles. The van der Waals surface area contributed by atoms with Crippen LogP contribution in [0.25, 0.3) is 76.5 Å². The molecule has 8 aromatic carbocycles. The summed E-state index contributed by atoms with van der Waals surface area (Å²) in [5, 5.41) is 10.2. The maximum Gasteiger partial charge on any atom is -0.00988 e.